The molecule has 1 fully saturated rings. The van der Waals surface area contributed by atoms with Crippen LogP contribution in [0.3, 0.4) is 0 Å². The summed E-state index contributed by atoms with van der Waals surface area (Å²) in [6.45, 7) is -0.105. The number of amides is 1. The first-order valence-corrected chi connectivity index (χ1v) is 8.34. The molecule has 3 rings (SSSR count). The third-order valence-corrected chi connectivity index (χ3v) is 5.10. The van der Waals surface area contributed by atoms with E-state index in [-0.39, 0.29) is 42.8 Å². The van der Waals surface area contributed by atoms with Crippen LogP contribution in [-0.4, -0.2) is 41.2 Å². The van der Waals surface area contributed by atoms with Gasteiger partial charge in [-0.15, -0.1) is 0 Å². The molecule has 3 N–H and O–H groups in total. The molecule has 0 bridgehead atoms. The fourth-order valence-corrected chi connectivity index (χ4v) is 3.39. The van der Waals surface area contributed by atoms with Crippen molar-refractivity contribution in [3.05, 3.63) is 28.9 Å². The van der Waals surface area contributed by atoms with Crippen LogP contribution in [0.1, 0.15) is 36.0 Å². The summed E-state index contributed by atoms with van der Waals surface area (Å²) in [6.07, 6.45) is 0.792. The van der Waals surface area contributed by atoms with Crippen molar-refractivity contribution in [1.29, 1.82) is 0 Å². The van der Waals surface area contributed by atoms with Gasteiger partial charge in [0.2, 0.25) is 5.92 Å². The number of aliphatic hydroxyl groups is 1. The van der Waals surface area contributed by atoms with Gasteiger partial charge in [-0.1, -0.05) is 11.6 Å². The molecule has 136 valence electrons. The molecule has 0 atom stereocenters. The first kappa shape index (κ1) is 17.9. The van der Waals surface area contributed by atoms with Gasteiger partial charge in [-0.05, 0) is 25.0 Å². The minimum absolute atomic E-state index is 0.0613. The minimum Gasteiger partial charge on any atom is -0.495 e. The molecule has 1 saturated carbocycles. The number of fused-ring (bicyclic) bond motifs is 1. The molecule has 1 amide bonds. The number of ether oxygens (including phenoxy) is 1. The lowest BCUT2D eigenvalue weighted by atomic mass is 9.82. The lowest BCUT2D eigenvalue weighted by Gasteiger charge is -2.35. The summed E-state index contributed by atoms with van der Waals surface area (Å²) < 4.78 is 31.7. The summed E-state index contributed by atoms with van der Waals surface area (Å²) in [5.74, 6) is -2.77. The third-order valence-electron chi connectivity index (χ3n) is 4.70. The van der Waals surface area contributed by atoms with Gasteiger partial charge in [0, 0.05) is 31.0 Å². The monoisotopic (exact) mass is 372 g/mol. The van der Waals surface area contributed by atoms with E-state index in [1.54, 1.807) is 12.3 Å². The van der Waals surface area contributed by atoms with Crippen LogP contribution in [0.5, 0.6) is 5.75 Å². The van der Waals surface area contributed by atoms with Crippen LogP contribution in [-0.2, 0) is 0 Å². The molecule has 0 spiro atoms. The molecule has 0 saturated heterocycles. The average Bonchev–Trinajstić information content (AvgIpc) is 3.07. The number of H-pyrrole nitrogens is 1. The zero-order valence-electron chi connectivity index (χ0n) is 13.7. The third kappa shape index (κ3) is 3.57. The van der Waals surface area contributed by atoms with Crippen LogP contribution >= 0.6 is 11.6 Å². The Morgan fingerprint density at radius 2 is 2.08 bits per heavy atom. The van der Waals surface area contributed by atoms with E-state index in [0.29, 0.717) is 16.7 Å². The fourth-order valence-electron chi connectivity index (χ4n) is 3.09. The van der Waals surface area contributed by atoms with E-state index in [1.165, 1.54) is 13.2 Å². The number of rotatable bonds is 4. The standard InChI is InChI=1S/C17H19ClF2N2O3/c1-25-12-8-11(13(18)10-2-7-21-14(10)12)15(23)22-9-16(24)3-5-17(19,20)6-4-16/h2,7-8,21,24H,3-6,9H2,1H3,(H,22,23). The summed E-state index contributed by atoms with van der Waals surface area (Å²) in [7, 11) is 1.48. The van der Waals surface area contributed by atoms with Gasteiger partial charge in [0.1, 0.15) is 5.75 Å². The molecule has 1 aromatic heterocycles. The largest absolute Gasteiger partial charge is 0.495 e. The topological polar surface area (TPSA) is 74.3 Å². The molecule has 25 heavy (non-hydrogen) atoms. The number of hydrogen-bond donors (Lipinski definition) is 3. The van der Waals surface area contributed by atoms with Crippen LogP contribution in [0.4, 0.5) is 8.78 Å². The average molecular weight is 373 g/mol. The Balaban J connectivity index is 1.76. The van der Waals surface area contributed by atoms with Crippen molar-refractivity contribution < 1.29 is 23.4 Å². The molecule has 1 heterocycles. The SMILES string of the molecule is COc1cc(C(=O)NCC2(O)CCC(F)(F)CC2)c(Cl)c2cc[nH]c12. The fraction of sp³-hybridized carbons (Fsp3) is 0.471. The van der Waals surface area contributed by atoms with Gasteiger partial charge >= 0.3 is 0 Å². The smallest absolute Gasteiger partial charge is 0.253 e. The number of aromatic amines is 1. The molecule has 1 aliphatic carbocycles. The zero-order valence-corrected chi connectivity index (χ0v) is 14.4. The maximum Gasteiger partial charge on any atom is 0.253 e. The molecular formula is C17H19ClF2N2O3. The van der Waals surface area contributed by atoms with E-state index in [1.807, 2.05) is 0 Å². The highest BCUT2D eigenvalue weighted by molar-refractivity contribution is 6.38. The van der Waals surface area contributed by atoms with E-state index in [4.69, 9.17) is 16.3 Å². The van der Waals surface area contributed by atoms with Crippen molar-refractivity contribution in [2.75, 3.05) is 13.7 Å². The van der Waals surface area contributed by atoms with Gasteiger partial charge in [-0.2, -0.15) is 0 Å². The number of carbonyl (C=O) groups excluding carboxylic acids is 1. The van der Waals surface area contributed by atoms with Gasteiger partial charge in [0.25, 0.3) is 5.91 Å². The van der Waals surface area contributed by atoms with Gasteiger partial charge < -0.3 is 20.1 Å². The first-order chi connectivity index (χ1) is 11.7. The van der Waals surface area contributed by atoms with Crippen molar-refractivity contribution in [3.63, 3.8) is 0 Å². The highest BCUT2D eigenvalue weighted by atomic mass is 35.5. The second-order valence-corrected chi connectivity index (χ2v) is 6.85. The van der Waals surface area contributed by atoms with E-state index in [0.717, 1.165) is 0 Å². The van der Waals surface area contributed by atoms with E-state index >= 15 is 0 Å². The molecule has 0 unspecified atom stereocenters. The Labute approximate surface area is 148 Å². The van der Waals surface area contributed by atoms with Crippen molar-refractivity contribution in [3.8, 4) is 5.75 Å². The highest BCUT2D eigenvalue weighted by Crippen LogP contribution is 2.38. The van der Waals surface area contributed by atoms with E-state index in [9.17, 15) is 18.7 Å². The molecule has 8 heteroatoms. The van der Waals surface area contributed by atoms with Gasteiger partial charge in [-0.25, -0.2) is 8.78 Å². The number of benzene rings is 1. The predicted molar refractivity (Wildman–Crippen MR) is 90.6 cm³/mol. The van der Waals surface area contributed by atoms with Gasteiger partial charge in [0.05, 0.1) is 28.8 Å². The second kappa shape index (κ2) is 6.46. The number of aromatic nitrogens is 1. The van der Waals surface area contributed by atoms with Crippen molar-refractivity contribution >= 4 is 28.4 Å². The summed E-state index contributed by atoms with van der Waals surface area (Å²) in [6, 6.07) is 3.24. The first-order valence-electron chi connectivity index (χ1n) is 7.97. The molecule has 0 aliphatic heterocycles. The lowest BCUT2D eigenvalue weighted by molar-refractivity contribution is -0.101. The van der Waals surface area contributed by atoms with Crippen LogP contribution in [0.25, 0.3) is 10.9 Å². The number of alkyl halides is 2. The predicted octanol–water partition coefficient (Wildman–Crippen LogP) is 3.50. The van der Waals surface area contributed by atoms with Crippen LogP contribution in [0, 0.1) is 0 Å². The van der Waals surface area contributed by atoms with Crippen LogP contribution in [0.15, 0.2) is 18.3 Å². The van der Waals surface area contributed by atoms with E-state index < -0.39 is 17.4 Å². The Morgan fingerprint density at radius 3 is 2.72 bits per heavy atom. The Bertz CT molecular complexity index is 797. The summed E-state index contributed by atoms with van der Waals surface area (Å²) in [5.41, 5.74) is -0.445. The maximum atomic E-state index is 13.2. The van der Waals surface area contributed by atoms with Crippen molar-refractivity contribution in [2.24, 2.45) is 0 Å². The summed E-state index contributed by atoms with van der Waals surface area (Å²) in [4.78, 5) is 15.5. The Hall–Kier alpha value is -1.86. The normalized spacial score (nSPS) is 18.9. The van der Waals surface area contributed by atoms with E-state index in [2.05, 4.69) is 10.3 Å². The van der Waals surface area contributed by atoms with Crippen molar-refractivity contribution in [1.82, 2.24) is 10.3 Å². The minimum atomic E-state index is -2.74. The maximum absolute atomic E-state index is 13.2. The number of halogens is 3. The quantitative estimate of drug-likeness (QED) is 0.769. The lowest BCUT2D eigenvalue weighted by Crippen LogP contribution is -2.47. The van der Waals surface area contributed by atoms with Crippen molar-refractivity contribution in [2.45, 2.75) is 37.2 Å². The Kier molecular flexibility index (Phi) is 4.64. The Morgan fingerprint density at radius 1 is 1.40 bits per heavy atom. The van der Waals surface area contributed by atoms with Crippen LogP contribution in [0.2, 0.25) is 5.02 Å². The number of carbonyl (C=O) groups is 1. The van der Waals surface area contributed by atoms with Gasteiger partial charge in [-0.3, -0.25) is 4.79 Å². The number of methoxy groups -OCH3 is 1. The zero-order chi connectivity index (χ0) is 18.2. The number of nitrogens with one attached hydrogen (secondary N) is 2. The highest BCUT2D eigenvalue weighted by Gasteiger charge is 2.42. The summed E-state index contributed by atoms with van der Waals surface area (Å²) in [5, 5.41) is 13.9. The summed E-state index contributed by atoms with van der Waals surface area (Å²) >= 11 is 6.30. The molecule has 0 radical (unpaired) electrons. The molecule has 5 nitrogen and oxygen atoms in total. The number of hydrogen-bond acceptors (Lipinski definition) is 3. The van der Waals surface area contributed by atoms with Crippen LogP contribution < -0.4 is 10.1 Å². The van der Waals surface area contributed by atoms with Gasteiger partial charge in [0.15, 0.2) is 0 Å². The molecule has 2 aromatic rings. The molecule has 1 aromatic carbocycles. The second-order valence-electron chi connectivity index (χ2n) is 6.47. The molecule has 1 aliphatic rings. The molecular weight excluding hydrogens is 354 g/mol.